The van der Waals surface area contributed by atoms with E-state index in [4.69, 9.17) is 11.0 Å². The third-order valence-corrected chi connectivity index (χ3v) is 4.16. The number of hydrogen-bond acceptors (Lipinski definition) is 3. The largest absolute Gasteiger partial charge is 0.283 e. The molecule has 1 aromatic rings. The lowest BCUT2D eigenvalue weighted by Crippen LogP contribution is -2.17. The predicted molar refractivity (Wildman–Crippen MR) is 47.2 cm³/mol. The molecule has 11 heavy (non-hydrogen) atoms. The molecule has 0 radical (unpaired) electrons. The SMILES string of the molecule is Cc1nc(C)c(P(N)(N)=O)s1. The minimum absolute atomic E-state index is 0.523. The van der Waals surface area contributed by atoms with Crippen LogP contribution in [0.2, 0.25) is 0 Å². The van der Waals surface area contributed by atoms with Gasteiger partial charge in [0, 0.05) is 0 Å². The van der Waals surface area contributed by atoms with Crippen molar-refractivity contribution in [3.05, 3.63) is 10.7 Å². The minimum atomic E-state index is -3.08. The van der Waals surface area contributed by atoms with Crippen LogP contribution >= 0.6 is 18.8 Å². The van der Waals surface area contributed by atoms with Crippen LogP contribution in [0, 0.1) is 13.8 Å². The van der Waals surface area contributed by atoms with Gasteiger partial charge in [-0.25, -0.2) is 4.98 Å². The van der Waals surface area contributed by atoms with Crippen molar-refractivity contribution in [3.8, 4) is 0 Å². The van der Waals surface area contributed by atoms with Gasteiger partial charge < -0.3 is 0 Å². The van der Waals surface area contributed by atoms with E-state index in [1.54, 1.807) is 6.92 Å². The van der Waals surface area contributed by atoms with E-state index in [-0.39, 0.29) is 0 Å². The average molecular weight is 191 g/mol. The number of nitrogens with two attached hydrogens (primary N) is 2. The summed E-state index contributed by atoms with van der Waals surface area (Å²) in [6.07, 6.45) is 0. The van der Waals surface area contributed by atoms with E-state index in [9.17, 15) is 4.57 Å². The molecule has 0 aliphatic carbocycles. The van der Waals surface area contributed by atoms with E-state index in [2.05, 4.69) is 4.98 Å². The maximum absolute atomic E-state index is 11.2. The maximum Gasteiger partial charge on any atom is 0.246 e. The van der Waals surface area contributed by atoms with Crippen molar-refractivity contribution in [1.82, 2.24) is 4.98 Å². The van der Waals surface area contributed by atoms with E-state index >= 15 is 0 Å². The van der Waals surface area contributed by atoms with E-state index < -0.39 is 7.44 Å². The zero-order valence-corrected chi connectivity index (χ0v) is 8.08. The average Bonchev–Trinajstić information content (AvgIpc) is 2.08. The second-order valence-electron chi connectivity index (χ2n) is 2.33. The van der Waals surface area contributed by atoms with Gasteiger partial charge >= 0.3 is 0 Å². The van der Waals surface area contributed by atoms with Crippen molar-refractivity contribution in [2.24, 2.45) is 11.0 Å². The second-order valence-corrected chi connectivity index (χ2v) is 5.70. The van der Waals surface area contributed by atoms with Crippen LogP contribution in [0.25, 0.3) is 0 Å². The van der Waals surface area contributed by atoms with Gasteiger partial charge in [-0.05, 0) is 13.8 Å². The predicted octanol–water partition coefficient (Wildman–Crippen LogP) is 0.496. The molecule has 0 fully saturated rings. The van der Waals surface area contributed by atoms with E-state index in [1.807, 2.05) is 6.92 Å². The highest BCUT2D eigenvalue weighted by Gasteiger charge is 2.19. The van der Waals surface area contributed by atoms with Gasteiger partial charge in [-0.3, -0.25) is 15.6 Å². The van der Waals surface area contributed by atoms with Gasteiger partial charge in [0.25, 0.3) is 0 Å². The number of nitrogens with zero attached hydrogens (tertiary/aromatic N) is 1. The molecule has 1 heterocycles. The van der Waals surface area contributed by atoms with Crippen LogP contribution in [-0.4, -0.2) is 4.98 Å². The molecule has 0 saturated heterocycles. The summed E-state index contributed by atoms with van der Waals surface area (Å²) in [6, 6.07) is 0. The van der Waals surface area contributed by atoms with Gasteiger partial charge in [-0.1, -0.05) is 0 Å². The van der Waals surface area contributed by atoms with Crippen LogP contribution in [0.15, 0.2) is 0 Å². The molecule has 0 atom stereocenters. The first-order valence-corrected chi connectivity index (χ1v) is 5.69. The van der Waals surface area contributed by atoms with E-state index in [0.29, 0.717) is 10.3 Å². The first-order valence-electron chi connectivity index (χ1n) is 3.03. The second kappa shape index (κ2) is 2.68. The summed E-state index contributed by atoms with van der Waals surface area (Å²) in [4.78, 5) is 4.06. The standard InChI is InChI=1S/C5H10N3OPS/c1-3-5(10(6,7)9)11-4(2)8-3/h1-2H3,(H4,6,7,9). The van der Waals surface area contributed by atoms with Crippen LogP contribution in [0.4, 0.5) is 0 Å². The Morgan fingerprint density at radius 1 is 1.45 bits per heavy atom. The van der Waals surface area contributed by atoms with Gasteiger partial charge in [0.2, 0.25) is 7.44 Å². The molecule has 0 aliphatic rings. The van der Waals surface area contributed by atoms with Gasteiger partial charge in [0.15, 0.2) is 0 Å². The zero-order chi connectivity index (χ0) is 8.65. The summed E-state index contributed by atoms with van der Waals surface area (Å²) in [6.45, 7) is 3.59. The van der Waals surface area contributed by atoms with Crippen molar-refractivity contribution in [1.29, 1.82) is 0 Å². The van der Waals surface area contributed by atoms with E-state index in [1.165, 1.54) is 11.3 Å². The molecule has 0 aliphatic heterocycles. The Kier molecular flexibility index (Phi) is 2.16. The van der Waals surface area contributed by atoms with Gasteiger partial charge in [-0.2, -0.15) is 0 Å². The Morgan fingerprint density at radius 2 is 2.00 bits per heavy atom. The Bertz CT molecular complexity index is 316. The van der Waals surface area contributed by atoms with Gasteiger partial charge in [0.1, 0.15) is 4.62 Å². The Morgan fingerprint density at radius 3 is 2.18 bits per heavy atom. The molecule has 1 aromatic heterocycles. The van der Waals surface area contributed by atoms with Crippen molar-refractivity contribution in [3.63, 3.8) is 0 Å². The molecule has 4 nitrogen and oxygen atoms in total. The topological polar surface area (TPSA) is 82.0 Å². The number of aryl methyl sites for hydroxylation is 2. The van der Waals surface area contributed by atoms with Crippen LogP contribution in [0.1, 0.15) is 10.7 Å². The highest BCUT2D eigenvalue weighted by atomic mass is 32.1. The smallest absolute Gasteiger partial charge is 0.246 e. The summed E-state index contributed by atoms with van der Waals surface area (Å²) in [5.74, 6) is 0. The molecule has 6 heteroatoms. The fourth-order valence-electron chi connectivity index (χ4n) is 0.845. The highest BCUT2D eigenvalue weighted by Crippen LogP contribution is 2.29. The lowest BCUT2D eigenvalue weighted by atomic mass is 10.6. The first kappa shape index (κ1) is 8.87. The summed E-state index contributed by atoms with van der Waals surface area (Å²) >= 11 is 1.30. The fourth-order valence-corrected chi connectivity index (χ4v) is 3.02. The molecule has 0 bridgehead atoms. The van der Waals surface area contributed by atoms with Crippen LogP contribution in [0.5, 0.6) is 0 Å². The molecule has 4 N–H and O–H groups in total. The molecule has 0 spiro atoms. The molecule has 0 amide bonds. The molecular formula is C5H10N3OPS. The van der Waals surface area contributed by atoms with Crippen molar-refractivity contribution in [2.45, 2.75) is 13.8 Å². The van der Waals surface area contributed by atoms with Crippen LogP contribution < -0.4 is 15.6 Å². The molecular weight excluding hydrogens is 181 g/mol. The minimum Gasteiger partial charge on any atom is -0.283 e. The fraction of sp³-hybridized carbons (Fsp3) is 0.400. The normalized spacial score (nSPS) is 12.0. The maximum atomic E-state index is 11.2. The highest BCUT2D eigenvalue weighted by molar-refractivity contribution is 7.73. The molecule has 0 aromatic carbocycles. The molecule has 0 unspecified atom stereocenters. The first-order chi connectivity index (χ1) is 4.91. The molecule has 1 rings (SSSR count). The van der Waals surface area contributed by atoms with Crippen molar-refractivity contribution in [2.75, 3.05) is 0 Å². The molecule has 0 saturated carbocycles. The Hall–Kier alpha value is -0.220. The number of rotatable bonds is 1. The van der Waals surface area contributed by atoms with Crippen LogP contribution in [0.3, 0.4) is 0 Å². The van der Waals surface area contributed by atoms with E-state index in [0.717, 1.165) is 5.01 Å². The lowest BCUT2D eigenvalue weighted by molar-refractivity contribution is 0.583. The quantitative estimate of drug-likeness (QED) is 0.633. The third kappa shape index (κ3) is 1.87. The lowest BCUT2D eigenvalue weighted by Gasteiger charge is -2.01. The zero-order valence-electron chi connectivity index (χ0n) is 6.37. The van der Waals surface area contributed by atoms with Crippen LogP contribution in [-0.2, 0) is 4.57 Å². The van der Waals surface area contributed by atoms with Gasteiger partial charge in [0.05, 0.1) is 10.7 Å². The summed E-state index contributed by atoms with van der Waals surface area (Å²) in [5.41, 5.74) is 11.2. The van der Waals surface area contributed by atoms with Crippen molar-refractivity contribution < 1.29 is 4.57 Å². The monoisotopic (exact) mass is 191 g/mol. The number of hydrogen-bond donors (Lipinski definition) is 2. The number of aromatic nitrogens is 1. The summed E-state index contributed by atoms with van der Waals surface area (Å²) in [5, 5.41) is 0.841. The summed E-state index contributed by atoms with van der Waals surface area (Å²) < 4.78 is 11.7. The third-order valence-electron chi connectivity index (χ3n) is 1.20. The Labute approximate surface area is 69.1 Å². The number of thiazole rings is 1. The van der Waals surface area contributed by atoms with Crippen molar-refractivity contribution >= 4 is 23.4 Å². The molecule has 62 valence electrons. The Balaban J connectivity index is 3.24. The summed E-state index contributed by atoms with van der Waals surface area (Å²) in [7, 11) is -3.08. The van der Waals surface area contributed by atoms with Gasteiger partial charge in [-0.15, -0.1) is 11.3 Å².